The Kier molecular flexibility index (Phi) is 8.59. The van der Waals surface area contributed by atoms with Gasteiger partial charge in [-0.3, -0.25) is 4.79 Å². The molecule has 0 spiro atoms. The summed E-state index contributed by atoms with van der Waals surface area (Å²) in [6, 6.07) is 6.95. The average molecular weight is 471 g/mol. The molecule has 0 radical (unpaired) electrons. The standard InChI is InChI=1S/C20H24Cl2N4O3S/c21-16-3-2-15(11-17(16)22)29-14-4-8-26(9-5-14)12-13(27)10-18(19(23)28)30-20-24-6-1-7-25-20/h1-3,6-7,11,13-14,18,27H,4-5,8-10,12H2,(H2,23,28)/t13?,18-/m1/s1. The van der Waals surface area contributed by atoms with E-state index in [9.17, 15) is 9.90 Å². The summed E-state index contributed by atoms with van der Waals surface area (Å²) in [7, 11) is 0. The third-order valence-corrected chi connectivity index (χ3v) is 6.66. The second-order valence-electron chi connectivity index (χ2n) is 7.12. The number of halogens is 2. The zero-order valence-corrected chi connectivity index (χ0v) is 18.6. The number of piperidine rings is 1. The summed E-state index contributed by atoms with van der Waals surface area (Å²) in [5.74, 6) is 0.215. The topological polar surface area (TPSA) is 102 Å². The lowest BCUT2D eigenvalue weighted by atomic mass is 10.1. The van der Waals surface area contributed by atoms with Gasteiger partial charge in [0.2, 0.25) is 5.91 Å². The second-order valence-corrected chi connectivity index (χ2v) is 9.11. The lowest BCUT2D eigenvalue weighted by Crippen LogP contribution is -2.43. The Morgan fingerprint density at radius 1 is 1.27 bits per heavy atom. The van der Waals surface area contributed by atoms with E-state index < -0.39 is 17.3 Å². The van der Waals surface area contributed by atoms with Crippen LogP contribution in [0.25, 0.3) is 0 Å². The van der Waals surface area contributed by atoms with Crippen molar-refractivity contribution >= 4 is 40.9 Å². The summed E-state index contributed by atoms with van der Waals surface area (Å²) >= 11 is 13.1. The number of carbonyl (C=O) groups excluding carboxylic acids is 1. The number of primary amides is 1. The van der Waals surface area contributed by atoms with Crippen molar-refractivity contribution < 1.29 is 14.6 Å². The number of benzene rings is 1. The minimum Gasteiger partial charge on any atom is -0.490 e. The van der Waals surface area contributed by atoms with Gasteiger partial charge < -0.3 is 20.5 Å². The number of nitrogens with two attached hydrogens (primary N) is 1. The highest BCUT2D eigenvalue weighted by Gasteiger charge is 2.26. The molecule has 7 nitrogen and oxygen atoms in total. The summed E-state index contributed by atoms with van der Waals surface area (Å²) < 4.78 is 6.00. The molecular weight excluding hydrogens is 447 g/mol. The number of carbonyl (C=O) groups is 1. The molecule has 1 aliphatic heterocycles. The second kappa shape index (κ2) is 11.2. The molecule has 1 aromatic heterocycles. The first kappa shape index (κ1) is 23.1. The average Bonchev–Trinajstić information content (AvgIpc) is 2.72. The van der Waals surface area contributed by atoms with Crippen molar-refractivity contribution in [3.8, 4) is 5.75 Å². The molecule has 1 amide bonds. The number of likely N-dealkylation sites (tertiary alicyclic amines) is 1. The number of β-amino-alcohol motifs (C(OH)–C–C–N with tert-alkyl or cyclic N) is 1. The van der Waals surface area contributed by atoms with Crippen LogP contribution in [0.4, 0.5) is 0 Å². The molecule has 0 aliphatic carbocycles. The maximum Gasteiger partial charge on any atom is 0.231 e. The Balaban J connectivity index is 1.44. The quantitative estimate of drug-likeness (QED) is 0.428. The molecule has 3 N–H and O–H groups in total. The molecule has 1 aliphatic rings. The molecule has 10 heteroatoms. The molecule has 2 heterocycles. The minimum absolute atomic E-state index is 0.0831. The van der Waals surface area contributed by atoms with Crippen LogP contribution in [0, 0.1) is 0 Å². The van der Waals surface area contributed by atoms with Gasteiger partial charge in [-0.05, 0) is 37.5 Å². The molecule has 3 rings (SSSR count). The molecule has 1 unspecified atom stereocenters. The van der Waals surface area contributed by atoms with Crippen LogP contribution in [0.5, 0.6) is 5.75 Å². The number of aliphatic hydroxyl groups excluding tert-OH is 1. The first-order valence-corrected chi connectivity index (χ1v) is 11.3. The fraction of sp³-hybridized carbons (Fsp3) is 0.450. The van der Waals surface area contributed by atoms with Crippen molar-refractivity contribution in [1.29, 1.82) is 0 Å². The van der Waals surface area contributed by atoms with E-state index in [1.807, 2.05) is 6.07 Å². The van der Waals surface area contributed by atoms with Gasteiger partial charge in [0.05, 0.1) is 21.4 Å². The smallest absolute Gasteiger partial charge is 0.231 e. The Morgan fingerprint density at radius 3 is 2.60 bits per heavy atom. The molecule has 1 fully saturated rings. The number of amides is 1. The number of aliphatic hydroxyl groups is 1. The summed E-state index contributed by atoms with van der Waals surface area (Å²) in [6.07, 6.45) is 4.53. The Bertz CT molecular complexity index is 838. The van der Waals surface area contributed by atoms with Crippen LogP contribution < -0.4 is 10.5 Å². The number of aromatic nitrogens is 2. The molecule has 2 atom stereocenters. The van der Waals surface area contributed by atoms with Gasteiger partial charge in [0, 0.05) is 38.1 Å². The Hall–Kier alpha value is -1.58. The van der Waals surface area contributed by atoms with Crippen molar-refractivity contribution in [2.45, 2.75) is 41.9 Å². The predicted octanol–water partition coefficient (Wildman–Crippen LogP) is 3.02. The fourth-order valence-corrected chi connectivity index (χ4v) is 4.49. The summed E-state index contributed by atoms with van der Waals surface area (Å²) in [5.41, 5.74) is 5.50. The number of thioether (sulfide) groups is 1. The van der Waals surface area contributed by atoms with Gasteiger partial charge in [0.25, 0.3) is 0 Å². The molecule has 0 saturated carbocycles. The SMILES string of the molecule is NC(=O)[C@@H](CC(O)CN1CCC(Oc2ccc(Cl)c(Cl)c2)CC1)Sc1ncccn1. The number of hydrogen-bond acceptors (Lipinski definition) is 7. The van der Waals surface area contributed by atoms with E-state index in [1.165, 1.54) is 11.8 Å². The van der Waals surface area contributed by atoms with Crippen LogP contribution in [0.1, 0.15) is 19.3 Å². The zero-order chi connectivity index (χ0) is 21.5. The van der Waals surface area contributed by atoms with Crippen LogP contribution in [0.2, 0.25) is 10.0 Å². The van der Waals surface area contributed by atoms with Gasteiger partial charge in [0.15, 0.2) is 5.16 Å². The highest BCUT2D eigenvalue weighted by molar-refractivity contribution is 8.00. The monoisotopic (exact) mass is 470 g/mol. The molecule has 0 bridgehead atoms. The van der Waals surface area contributed by atoms with Gasteiger partial charge in [-0.1, -0.05) is 35.0 Å². The summed E-state index contributed by atoms with van der Waals surface area (Å²) in [5, 5.41) is 11.3. The fourth-order valence-electron chi connectivity index (χ4n) is 3.27. The summed E-state index contributed by atoms with van der Waals surface area (Å²) in [6.45, 7) is 2.05. The molecule has 1 aromatic carbocycles. The first-order chi connectivity index (χ1) is 14.4. The van der Waals surface area contributed by atoms with Gasteiger partial charge in [-0.25, -0.2) is 9.97 Å². The third kappa shape index (κ3) is 6.99. The van der Waals surface area contributed by atoms with E-state index >= 15 is 0 Å². The molecule has 162 valence electrons. The van der Waals surface area contributed by atoms with Crippen LogP contribution in [-0.2, 0) is 4.79 Å². The molecule has 2 aromatic rings. The number of hydrogen-bond donors (Lipinski definition) is 2. The number of rotatable bonds is 9. The molecule has 30 heavy (non-hydrogen) atoms. The van der Waals surface area contributed by atoms with Crippen molar-refractivity contribution in [2.75, 3.05) is 19.6 Å². The predicted molar refractivity (Wildman–Crippen MR) is 118 cm³/mol. The van der Waals surface area contributed by atoms with E-state index in [2.05, 4.69) is 14.9 Å². The van der Waals surface area contributed by atoms with Gasteiger partial charge in [-0.15, -0.1) is 0 Å². The number of ether oxygens (including phenoxy) is 1. The van der Waals surface area contributed by atoms with Crippen LogP contribution in [-0.4, -0.2) is 63.0 Å². The maximum atomic E-state index is 11.8. The van der Waals surface area contributed by atoms with Gasteiger partial charge in [0.1, 0.15) is 11.9 Å². The largest absolute Gasteiger partial charge is 0.490 e. The lowest BCUT2D eigenvalue weighted by molar-refractivity contribution is -0.118. The van der Waals surface area contributed by atoms with E-state index in [4.69, 9.17) is 33.7 Å². The molecule has 1 saturated heterocycles. The van der Waals surface area contributed by atoms with Crippen LogP contribution >= 0.6 is 35.0 Å². The molecular formula is C20H24Cl2N4O3S. The van der Waals surface area contributed by atoms with Gasteiger partial charge >= 0.3 is 0 Å². The first-order valence-electron chi connectivity index (χ1n) is 9.66. The van der Waals surface area contributed by atoms with Gasteiger partial charge in [-0.2, -0.15) is 0 Å². The normalized spacial score (nSPS) is 17.4. The lowest BCUT2D eigenvalue weighted by Gasteiger charge is -2.33. The van der Waals surface area contributed by atoms with Crippen molar-refractivity contribution in [3.05, 3.63) is 46.7 Å². The zero-order valence-electron chi connectivity index (χ0n) is 16.3. The van der Waals surface area contributed by atoms with E-state index in [0.29, 0.717) is 27.5 Å². The summed E-state index contributed by atoms with van der Waals surface area (Å²) in [4.78, 5) is 22.1. The minimum atomic E-state index is -0.675. The van der Waals surface area contributed by atoms with E-state index in [-0.39, 0.29) is 12.5 Å². The highest BCUT2D eigenvalue weighted by atomic mass is 35.5. The van der Waals surface area contributed by atoms with E-state index in [0.717, 1.165) is 25.9 Å². The van der Waals surface area contributed by atoms with Crippen LogP contribution in [0.3, 0.4) is 0 Å². The van der Waals surface area contributed by atoms with Crippen molar-refractivity contribution in [3.63, 3.8) is 0 Å². The maximum absolute atomic E-state index is 11.8. The number of nitrogens with zero attached hydrogens (tertiary/aromatic N) is 3. The van der Waals surface area contributed by atoms with Crippen LogP contribution in [0.15, 0.2) is 41.8 Å². The highest BCUT2D eigenvalue weighted by Crippen LogP contribution is 2.28. The van der Waals surface area contributed by atoms with Crippen molar-refractivity contribution in [2.24, 2.45) is 5.73 Å². The van der Waals surface area contributed by atoms with Crippen molar-refractivity contribution in [1.82, 2.24) is 14.9 Å². The Morgan fingerprint density at radius 2 is 1.97 bits per heavy atom. The Labute approximate surface area is 189 Å². The van der Waals surface area contributed by atoms with E-state index in [1.54, 1.807) is 30.6 Å². The third-order valence-electron chi connectivity index (χ3n) is 4.79.